The van der Waals surface area contributed by atoms with Crippen LogP contribution in [0.1, 0.15) is 22.8 Å². The molecule has 132 valence electrons. The van der Waals surface area contributed by atoms with Gasteiger partial charge in [0.2, 0.25) is 5.91 Å². The Balaban J connectivity index is 1.96. The summed E-state index contributed by atoms with van der Waals surface area (Å²) in [5.74, 6) is -2.84. The SMILES string of the molecule is CCN(Cc1cccc(Cl)c1)C(=O)CNC(=O)c1ccc(F)cc1F. The van der Waals surface area contributed by atoms with Gasteiger partial charge in [-0.2, -0.15) is 0 Å². The molecule has 0 radical (unpaired) electrons. The van der Waals surface area contributed by atoms with Crippen molar-refractivity contribution in [2.45, 2.75) is 13.5 Å². The summed E-state index contributed by atoms with van der Waals surface area (Å²) in [7, 11) is 0. The lowest BCUT2D eigenvalue weighted by Gasteiger charge is -2.21. The molecule has 0 fully saturated rings. The monoisotopic (exact) mass is 366 g/mol. The third-order valence-electron chi connectivity index (χ3n) is 3.57. The smallest absolute Gasteiger partial charge is 0.254 e. The van der Waals surface area contributed by atoms with Crippen molar-refractivity contribution in [3.8, 4) is 0 Å². The van der Waals surface area contributed by atoms with E-state index in [-0.39, 0.29) is 18.0 Å². The molecule has 0 bridgehead atoms. The van der Waals surface area contributed by atoms with Crippen molar-refractivity contribution >= 4 is 23.4 Å². The average Bonchev–Trinajstić information content (AvgIpc) is 2.57. The van der Waals surface area contributed by atoms with E-state index in [9.17, 15) is 18.4 Å². The highest BCUT2D eigenvalue weighted by Crippen LogP contribution is 2.13. The maximum Gasteiger partial charge on any atom is 0.254 e. The molecule has 2 amide bonds. The molecule has 4 nitrogen and oxygen atoms in total. The molecule has 0 aromatic heterocycles. The Hall–Kier alpha value is -2.47. The van der Waals surface area contributed by atoms with Crippen molar-refractivity contribution in [2.75, 3.05) is 13.1 Å². The fraction of sp³-hybridized carbons (Fsp3) is 0.222. The number of nitrogens with one attached hydrogen (secondary N) is 1. The number of rotatable bonds is 6. The summed E-state index contributed by atoms with van der Waals surface area (Å²) in [4.78, 5) is 25.7. The van der Waals surface area contributed by atoms with Crippen molar-refractivity contribution in [3.05, 3.63) is 70.2 Å². The summed E-state index contributed by atoms with van der Waals surface area (Å²) in [6.07, 6.45) is 0. The Kier molecular flexibility index (Phi) is 6.47. The van der Waals surface area contributed by atoms with E-state index in [4.69, 9.17) is 11.6 Å². The van der Waals surface area contributed by atoms with E-state index in [1.54, 1.807) is 18.2 Å². The molecule has 0 heterocycles. The second kappa shape index (κ2) is 8.58. The van der Waals surface area contributed by atoms with Crippen molar-refractivity contribution < 1.29 is 18.4 Å². The molecule has 0 saturated heterocycles. The predicted molar refractivity (Wildman–Crippen MR) is 91.2 cm³/mol. The molecule has 2 rings (SSSR count). The minimum absolute atomic E-state index is 0.288. The van der Waals surface area contributed by atoms with Gasteiger partial charge in [0.15, 0.2) is 0 Å². The van der Waals surface area contributed by atoms with Crippen molar-refractivity contribution in [2.24, 2.45) is 0 Å². The largest absolute Gasteiger partial charge is 0.343 e. The Labute approximate surface area is 149 Å². The second-order valence-electron chi connectivity index (χ2n) is 5.34. The zero-order chi connectivity index (χ0) is 18.4. The lowest BCUT2D eigenvalue weighted by molar-refractivity contribution is -0.130. The van der Waals surface area contributed by atoms with Crippen molar-refractivity contribution in [1.29, 1.82) is 0 Å². The standard InChI is InChI=1S/C18H17ClF2N2O2/c1-2-23(11-12-4-3-5-13(19)8-12)17(24)10-22-18(25)15-7-6-14(20)9-16(15)21/h3-9H,2,10-11H2,1H3,(H,22,25). The topological polar surface area (TPSA) is 49.4 Å². The van der Waals surface area contributed by atoms with E-state index >= 15 is 0 Å². The maximum absolute atomic E-state index is 13.6. The first-order valence-corrected chi connectivity index (χ1v) is 8.04. The lowest BCUT2D eigenvalue weighted by Crippen LogP contribution is -2.40. The van der Waals surface area contributed by atoms with Gasteiger partial charge in [0.1, 0.15) is 11.6 Å². The van der Waals surface area contributed by atoms with Crippen LogP contribution in [0, 0.1) is 11.6 Å². The third kappa shape index (κ3) is 5.26. The van der Waals surface area contributed by atoms with Crippen LogP contribution in [0.15, 0.2) is 42.5 Å². The fourth-order valence-corrected chi connectivity index (χ4v) is 2.48. The fourth-order valence-electron chi connectivity index (χ4n) is 2.27. The van der Waals surface area contributed by atoms with E-state index in [0.717, 1.165) is 17.7 Å². The Morgan fingerprint density at radius 2 is 1.92 bits per heavy atom. The Morgan fingerprint density at radius 3 is 2.56 bits per heavy atom. The molecule has 2 aromatic rings. The molecular formula is C18H17ClF2N2O2. The summed E-state index contributed by atoms with van der Waals surface area (Å²) in [6.45, 7) is 2.30. The molecule has 0 aliphatic rings. The minimum Gasteiger partial charge on any atom is -0.343 e. The summed E-state index contributed by atoms with van der Waals surface area (Å²) in [6, 6.07) is 9.76. The van der Waals surface area contributed by atoms with Crippen molar-refractivity contribution in [3.63, 3.8) is 0 Å². The first kappa shape index (κ1) is 18.9. The number of hydrogen-bond acceptors (Lipinski definition) is 2. The summed E-state index contributed by atoms with van der Waals surface area (Å²) in [5, 5.41) is 2.92. The van der Waals surface area contributed by atoms with E-state index in [1.165, 1.54) is 4.90 Å². The quantitative estimate of drug-likeness (QED) is 0.851. The van der Waals surface area contributed by atoms with E-state index < -0.39 is 17.5 Å². The van der Waals surface area contributed by atoms with Gasteiger partial charge in [0.05, 0.1) is 12.1 Å². The van der Waals surface area contributed by atoms with Crippen LogP contribution >= 0.6 is 11.6 Å². The zero-order valence-corrected chi connectivity index (χ0v) is 14.3. The van der Waals surface area contributed by atoms with E-state index in [0.29, 0.717) is 24.2 Å². The number of benzene rings is 2. The van der Waals surface area contributed by atoms with E-state index in [2.05, 4.69) is 5.32 Å². The number of halogens is 3. The van der Waals surface area contributed by atoms with Gasteiger partial charge in [-0.05, 0) is 36.8 Å². The van der Waals surface area contributed by atoms with Gasteiger partial charge >= 0.3 is 0 Å². The molecule has 2 aromatic carbocycles. The summed E-state index contributed by atoms with van der Waals surface area (Å²) < 4.78 is 26.4. The number of nitrogens with zero attached hydrogens (tertiary/aromatic N) is 1. The normalized spacial score (nSPS) is 10.4. The highest BCUT2D eigenvalue weighted by molar-refractivity contribution is 6.30. The van der Waals surface area contributed by atoms with Crippen LogP contribution in [-0.4, -0.2) is 29.8 Å². The van der Waals surface area contributed by atoms with Gasteiger partial charge in [-0.1, -0.05) is 23.7 Å². The van der Waals surface area contributed by atoms with Crippen molar-refractivity contribution in [1.82, 2.24) is 10.2 Å². The molecule has 1 N–H and O–H groups in total. The van der Waals surface area contributed by atoms with Gasteiger partial charge in [0, 0.05) is 24.2 Å². The summed E-state index contributed by atoms with van der Waals surface area (Å²) in [5.41, 5.74) is 0.547. The molecule has 0 unspecified atom stereocenters. The molecule has 7 heteroatoms. The maximum atomic E-state index is 13.6. The Bertz CT molecular complexity index is 783. The molecular weight excluding hydrogens is 350 g/mol. The van der Waals surface area contributed by atoms with Crippen LogP contribution in [0.4, 0.5) is 8.78 Å². The zero-order valence-electron chi connectivity index (χ0n) is 13.6. The number of carbonyl (C=O) groups excluding carboxylic acids is 2. The second-order valence-corrected chi connectivity index (χ2v) is 5.78. The van der Waals surface area contributed by atoms with Crippen LogP contribution < -0.4 is 5.32 Å². The molecule has 0 saturated carbocycles. The van der Waals surface area contributed by atoms with Crippen LogP contribution in [-0.2, 0) is 11.3 Å². The highest BCUT2D eigenvalue weighted by Gasteiger charge is 2.16. The molecule has 0 atom stereocenters. The van der Waals surface area contributed by atoms with Crippen LogP contribution in [0.2, 0.25) is 5.02 Å². The molecule has 0 aliphatic heterocycles. The van der Waals surface area contributed by atoms with Crippen LogP contribution in [0.3, 0.4) is 0 Å². The number of amides is 2. The molecule has 0 spiro atoms. The first-order valence-electron chi connectivity index (χ1n) is 7.66. The minimum atomic E-state index is -0.976. The van der Waals surface area contributed by atoms with Gasteiger partial charge in [-0.25, -0.2) is 8.78 Å². The molecule has 0 aliphatic carbocycles. The lowest BCUT2D eigenvalue weighted by atomic mass is 10.2. The van der Waals surface area contributed by atoms with Gasteiger partial charge in [-0.3, -0.25) is 9.59 Å². The average molecular weight is 367 g/mol. The third-order valence-corrected chi connectivity index (χ3v) is 3.81. The van der Waals surface area contributed by atoms with Gasteiger partial charge in [0.25, 0.3) is 5.91 Å². The van der Waals surface area contributed by atoms with Gasteiger partial charge < -0.3 is 10.2 Å². The first-order chi connectivity index (χ1) is 11.9. The van der Waals surface area contributed by atoms with Gasteiger partial charge in [-0.15, -0.1) is 0 Å². The van der Waals surface area contributed by atoms with Crippen LogP contribution in [0.5, 0.6) is 0 Å². The number of likely N-dealkylation sites (N-methyl/N-ethyl adjacent to an activating group) is 1. The predicted octanol–water partition coefficient (Wildman–Crippen LogP) is 3.40. The van der Waals surface area contributed by atoms with Crippen LogP contribution in [0.25, 0.3) is 0 Å². The van der Waals surface area contributed by atoms with E-state index in [1.807, 2.05) is 13.0 Å². The number of hydrogen-bond donors (Lipinski definition) is 1. The Morgan fingerprint density at radius 1 is 1.16 bits per heavy atom. The summed E-state index contributed by atoms with van der Waals surface area (Å²) >= 11 is 5.92. The molecule has 25 heavy (non-hydrogen) atoms. The highest BCUT2D eigenvalue weighted by atomic mass is 35.5. The number of carbonyl (C=O) groups is 2.